The van der Waals surface area contributed by atoms with Crippen molar-refractivity contribution in [3.8, 4) is 22.9 Å². The predicted octanol–water partition coefficient (Wildman–Crippen LogP) is 4.16. The van der Waals surface area contributed by atoms with Crippen molar-refractivity contribution in [3.05, 3.63) is 94.4 Å². The first kappa shape index (κ1) is 22.6. The fraction of sp³-hybridized carbons (Fsp3) is 0.222. The molecule has 0 saturated heterocycles. The van der Waals surface area contributed by atoms with E-state index in [9.17, 15) is 4.79 Å². The highest BCUT2D eigenvalue weighted by molar-refractivity contribution is 5.70. The number of anilines is 2. The van der Waals surface area contributed by atoms with Gasteiger partial charge in [0.1, 0.15) is 17.7 Å². The van der Waals surface area contributed by atoms with Crippen molar-refractivity contribution in [3.63, 3.8) is 0 Å². The Kier molecular flexibility index (Phi) is 6.20. The lowest BCUT2D eigenvalue weighted by Crippen LogP contribution is -2.24. The number of aromatic nitrogens is 3. The van der Waals surface area contributed by atoms with Crippen LogP contribution in [0.15, 0.2) is 77.7 Å². The van der Waals surface area contributed by atoms with Crippen LogP contribution >= 0.6 is 0 Å². The van der Waals surface area contributed by atoms with Crippen molar-refractivity contribution in [2.24, 2.45) is 7.05 Å². The van der Waals surface area contributed by atoms with Crippen molar-refractivity contribution in [1.29, 1.82) is 0 Å². The number of fused-ring (bicyclic) bond motifs is 1. The first-order valence-electron chi connectivity index (χ1n) is 11.4. The van der Waals surface area contributed by atoms with E-state index >= 15 is 0 Å². The molecule has 1 aromatic carbocycles. The molecule has 0 radical (unpaired) electrons. The summed E-state index contributed by atoms with van der Waals surface area (Å²) in [4.78, 5) is 23.3. The highest BCUT2D eigenvalue weighted by Crippen LogP contribution is 2.32. The Morgan fingerprint density at radius 3 is 2.51 bits per heavy atom. The molecule has 1 N–H and O–H groups in total. The maximum atomic E-state index is 11.7. The van der Waals surface area contributed by atoms with E-state index in [1.54, 1.807) is 26.4 Å². The molecule has 8 heteroatoms. The maximum absolute atomic E-state index is 11.7. The summed E-state index contributed by atoms with van der Waals surface area (Å²) in [6, 6.07) is 21.2. The van der Waals surface area contributed by atoms with Gasteiger partial charge >= 0.3 is 0 Å². The third-order valence-corrected chi connectivity index (χ3v) is 5.99. The van der Waals surface area contributed by atoms with Crippen LogP contribution in [0.5, 0.6) is 11.8 Å². The highest BCUT2D eigenvalue weighted by atomic mass is 16.5. The second-order valence-corrected chi connectivity index (χ2v) is 8.62. The molecule has 3 aromatic heterocycles. The minimum absolute atomic E-state index is 0.0730. The summed E-state index contributed by atoms with van der Waals surface area (Å²) in [5, 5.41) is 3.26. The van der Waals surface area contributed by atoms with E-state index in [4.69, 9.17) is 14.5 Å². The van der Waals surface area contributed by atoms with Gasteiger partial charge in [-0.15, -0.1) is 0 Å². The summed E-state index contributed by atoms with van der Waals surface area (Å²) in [5.74, 6) is 2.28. The number of nitrogens with one attached hydrogen (secondary N) is 1. The molecule has 1 unspecified atom stereocenters. The van der Waals surface area contributed by atoms with Gasteiger partial charge in [0, 0.05) is 49.1 Å². The number of aryl methyl sites for hydroxylation is 1. The summed E-state index contributed by atoms with van der Waals surface area (Å²) in [6.45, 7) is 1.53. The van der Waals surface area contributed by atoms with Crippen molar-refractivity contribution >= 4 is 11.6 Å². The van der Waals surface area contributed by atoms with Crippen molar-refractivity contribution in [1.82, 2.24) is 19.4 Å². The van der Waals surface area contributed by atoms with Crippen molar-refractivity contribution in [2.75, 3.05) is 26.0 Å². The van der Waals surface area contributed by atoms with E-state index in [-0.39, 0.29) is 11.7 Å². The molecule has 0 fully saturated rings. The zero-order valence-electron chi connectivity index (χ0n) is 19.9. The molecule has 1 aliphatic heterocycles. The maximum Gasteiger partial charge on any atom is 0.250 e. The van der Waals surface area contributed by atoms with Gasteiger partial charge in [-0.3, -0.25) is 9.69 Å². The molecule has 0 saturated carbocycles. The Morgan fingerprint density at radius 1 is 0.971 bits per heavy atom. The molecule has 8 nitrogen and oxygen atoms in total. The molecule has 178 valence electrons. The molecular formula is C27H27N5O3. The van der Waals surface area contributed by atoms with Gasteiger partial charge in [-0.1, -0.05) is 30.3 Å². The Morgan fingerprint density at radius 2 is 1.74 bits per heavy atom. The van der Waals surface area contributed by atoms with Crippen LogP contribution < -0.4 is 20.3 Å². The molecular weight excluding hydrogens is 442 g/mol. The zero-order valence-corrected chi connectivity index (χ0v) is 19.9. The first-order valence-corrected chi connectivity index (χ1v) is 11.4. The SMILES string of the molecule is COc1nc(Nc2ccc3c(n2)OC(c2ccccc2)CN(C)C3)ccc1-c1ccc(=O)n(C)c1. The fourth-order valence-electron chi connectivity index (χ4n) is 4.18. The normalized spacial score (nSPS) is 15.6. The number of pyridine rings is 3. The second-order valence-electron chi connectivity index (χ2n) is 8.62. The molecule has 5 rings (SSSR count). The number of ether oxygens (including phenoxy) is 2. The second kappa shape index (κ2) is 9.60. The number of nitrogens with zero attached hydrogens (tertiary/aromatic N) is 4. The summed E-state index contributed by atoms with van der Waals surface area (Å²) in [5.41, 5.74) is 3.72. The number of benzene rings is 1. The van der Waals surface area contributed by atoms with Gasteiger partial charge in [-0.2, -0.15) is 9.97 Å². The topological polar surface area (TPSA) is 81.5 Å². The minimum atomic E-state index is -0.107. The molecule has 0 spiro atoms. The molecule has 0 amide bonds. The smallest absolute Gasteiger partial charge is 0.250 e. The van der Waals surface area contributed by atoms with E-state index in [2.05, 4.69) is 34.4 Å². The number of hydrogen-bond donors (Lipinski definition) is 1. The van der Waals surface area contributed by atoms with Crippen LogP contribution in [0.3, 0.4) is 0 Å². The number of methoxy groups -OCH3 is 1. The van der Waals surface area contributed by atoms with Gasteiger partial charge in [-0.25, -0.2) is 0 Å². The summed E-state index contributed by atoms with van der Waals surface area (Å²) >= 11 is 0. The van der Waals surface area contributed by atoms with Gasteiger partial charge < -0.3 is 19.4 Å². The molecule has 0 bridgehead atoms. The van der Waals surface area contributed by atoms with Gasteiger partial charge in [0.15, 0.2) is 0 Å². The largest absolute Gasteiger partial charge is 0.480 e. The van der Waals surface area contributed by atoms with Crippen molar-refractivity contribution < 1.29 is 9.47 Å². The minimum Gasteiger partial charge on any atom is -0.480 e. The zero-order chi connectivity index (χ0) is 24.4. The summed E-state index contributed by atoms with van der Waals surface area (Å²) in [7, 11) is 5.38. The first-order chi connectivity index (χ1) is 17.0. The molecule has 4 aromatic rings. The highest BCUT2D eigenvalue weighted by Gasteiger charge is 2.23. The van der Waals surface area contributed by atoms with E-state index in [1.807, 2.05) is 42.5 Å². The molecule has 0 aliphatic carbocycles. The quantitative estimate of drug-likeness (QED) is 0.470. The monoisotopic (exact) mass is 469 g/mol. The van der Waals surface area contributed by atoms with Gasteiger partial charge in [0.05, 0.1) is 7.11 Å². The average Bonchev–Trinajstić information content (AvgIpc) is 3.04. The predicted molar refractivity (Wildman–Crippen MR) is 135 cm³/mol. The number of likely N-dealkylation sites (N-methyl/N-ethyl adjacent to an activating group) is 1. The summed E-state index contributed by atoms with van der Waals surface area (Å²) < 4.78 is 13.4. The Hall–Kier alpha value is -4.17. The molecule has 1 atom stereocenters. The van der Waals surface area contributed by atoms with Crippen LogP contribution in [0.25, 0.3) is 11.1 Å². The van der Waals surface area contributed by atoms with Gasteiger partial charge in [0.2, 0.25) is 17.3 Å². The van der Waals surface area contributed by atoms with E-state index in [0.29, 0.717) is 23.4 Å². The Balaban J connectivity index is 1.41. The standard InChI is InChI=1S/C27H27N5O3/c1-31-15-20-9-12-23(29-26(20)35-22(17-31)18-7-5-4-6-8-18)28-24-13-11-21(27(30-24)34-3)19-10-14-25(33)32(2)16-19/h4-14,16,22H,15,17H2,1-3H3,(H,28,29,30). The lowest BCUT2D eigenvalue weighted by atomic mass is 10.1. The third kappa shape index (κ3) is 4.88. The fourth-order valence-corrected chi connectivity index (χ4v) is 4.18. The van der Waals surface area contributed by atoms with Crippen LogP contribution in [-0.4, -0.2) is 40.1 Å². The van der Waals surface area contributed by atoms with E-state index in [1.165, 1.54) is 10.6 Å². The Labute approximate surface area is 203 Å². The van der Waals surface area contributed by atoms with Gasteiger partial charge in [-0.05, 0) is 42.9 Å². The van der Waals surface area contributed by atoms with Gasteiger partial charge in [0.25, 0.3) is 0 Å². The van der Waals surface area contributed by atoms with Crippen molar-refractivity contribution in [2.45, 2.75) is 12.6 Å². The lowest BCUT2D eigenvalue weighted by molar-refractivity contribution is 0.160. The summed E-state index contributed by atoms with van der Waals surface area (Å²) in [6.07, 6.45) is 1.66. The van der Waals surface area contributed by atoms with Crippen LogP contribution in [0.2, 0.25) is 0 Å². The molecule has 35 heavy (non-hydrogen) atoms. The Bertz CT molecular complexity index is 1400. The molecule has 4 heterocycles. The molecule has 1 aliphatic rings. The average molecular weight is 470 g/mol. The van der Waals surface area contributed by atoms with Crippen LogP contribution in [0.4, 0.5) is 11.6 Å². The van der Waals surface area contributed by atoms with Crippen LogP contribution in [0.1, 0.15) is 17.2 Å². The van der Waals surface area contributed by atoms with E-state index < -0.39 is 0 Å². The lowest BCUT2D eigenvalue weighted by Gasteiger charge is -2.20. The van der Waals surface area contributed by atoms with E-state index in [0.717, 1.165) is 35.3 Å². The van der Waals surface area contributed by atoms with Crippen LogP contribution in [-0.2, 0) is 13.6 Å². The number of hydrogen-bond acceptors (Lipinski definition) is 7. The van der Waals surface area contributed by atoms with Crippen LogP contribution in [0, 0.1) is 0 Å². The third-order valence-electron chi connectivity index (χ3n) is 5.99. The number of rotatable bonds is 5.